The first kappa shape index (κ1) is 12.3. The van der Waals surface area contributed by atoms with E-state index in [0.717, 1.165) is 0 Å². The maximum Gasteiger partial charge on any atom is 0.412 e. The van der Waals surface area contributed by atoms with Crippen molar-refractivity contribution in [3.8, 4) is 0 Å². The molecule has 0 saturated carbocycles. The van der Waals surface area contributed by atoms with Gasteiger partial charge in [0.05, 0.1) is 19.8 Å². The molecule has 15 heavy (non-hydrogen) atoms. The van der Waals surface area contributed by atoms with Crippen LogP contribution in [0.1, 0.15) is 20.8 Å². The summed E-state index contributed by atoms with van der Waals surface area (Å²) in [6.45, 7) is 6.98. The number of likely N-dealkylation sites (N-methyl/N-ethyl adjacent to an activating group) is 1. The molecule has 1 unspecified atom stereocenters. The normalized spacial score (nSPS) is 22.3. The van der Waals surface area contributed by atoms with Gasteiger partial charge in [-0.05, 0) is 20.8 Å². The number of hydrogen-bond donors (Lipinski definition) is 0. The molecule has 1 rings (SSSR count). The fourth-order valence-electron chi connectivity index (χ4n) is 1.15. The predicted octanol–water partition coefficient (Wildman–Crippen LogP) is 1.23. The molecule has 88 valence electrons. The number of hydrogen-bond acceptors (Lipinski definition) is 4. The van der Waals surface area contributed by atoms with E-state index in [4.69, 9.17) is 14.2 Å². The molecular weight excluding hydrogens is 198 g/mol. The highest BCUT2D eigenvalue weighted by molar-refractivity contribution is 5.67. The molecule has 1 aliphatic heterocycles. The van der Waals surface area contributed by atoms with Crippen LogP contribution in [0.25, 0.3) is 0 Å². The maximum absolute atomic E-state index is 11.6. The first-order valence-corrected chi connectivity index (χ1v) is 5.05. The standard InChI is InChI=1S/C10H19NO4/c1-10(2,3)15-9(12)11(4)8-7-13-5-6-14-8/h8H,5-7H2,1-4H3. The van der Waals surface area contributed by atoms with Crippen molar-refractivity contribution in [1.82, 2.24) is 4.90 Å². The van der Waals surface area contributed by atoms with E-state index >= 15 is 0 Å². The van der Waals surface area contributed by atoms with Gasteiger partial charge in [-0.15, -0.1) is 0 Å². The van der Waals surface area contributed by atoms with Gasteiger partial charge in [-0.1, -0.05) is 0 Å². The predicted molar refractivity (Wildman–Crippen MR) is 54.6 cm³/mol. The summed E-state index contributed by atoms with van der Waals surface area (Å²) in [6, 6.07) is 0. The van der Waals surface area contributed by atoms with E-state index in [-0.39, 0.29) is 6.23 Å². The second kappa shape index (κ2) is 4.81. The zero-order valence-electron chi connectivity index (χ0n) is 9.78. The average Bonchev–Trinajstić information content (AvgIpc) is 2.15. The van der Waals surface area contributed by atoms with Crippen molar-refractivity contribution >= 4 is 6.09 Å². The van der Waals surface area contributed by atoms with E-state index in [0.29, 0.717) is 19.8 Å². The molecule has 0 aromatic rings. The summed E-state index contributed by atoms with van der Waals surface area (Å²) in [6.07, 6.45) is -0.730. The van der Waals surface area contributed by atoms with Crippen LogP contribution in [0.15, 0.2) is 0 Å². The Hall–Kier alpha value is -0.810. The molecule has 1 atom stereocenters. The lowest BCUT2D eigenvalue weighted by Gasteiger charge is -2.32. The molecule has 1 heterocycles. The molecule has 0 aliphatic carbocycles. The van der Waals surface area contributed by atoms with Gasteiger partial charge in [0.15, 0.2) is 6.23 Å². The minimum Gasteiger partial charge on any atom is -0.444 e. The minimum absolute atomic E-state index is 0.339. The molecule has 1 aliphatic rings. The zero-order valence-corrected chi connectivity index (χ0v) is 9.78. The van der Waals surface area contributed by atoms with Crippen LogP contribution in [0.4, 0.5) is 4.79 Å². The van der Waals surface area contributed by atoms with Crippen LogP contribution < -0.4 is 0 Å². The van der Waals surface area contributed by atoms with Crippen LogP contribution >= 0.6 is 0 Å². The fraction of sp³-hybridized carbons (Fsp3) is 0.900. The molecule has 1 saturated heterocycles. The second-order valence-electron chi connectivity index (χ2n) is 4.49. The van der Waals surface area contributed by atoms with Gasteiger partial charge in [0.1, 0.15) is 5.60 Å². The van der Waals surface area contributed by atoms with Gasteiger partial charge in [0, 0.05) is 7.05 Å². The third kappa shape index (κ3) is 4.05. The number of nitrogens with zero attached hydrogens (tertiary/aromatic N) is 1. The fourth-order valence-corrected chi connectivity index (χ4v) is 1.15. The Morgan fingerprint density at radius 2 is 2.07 bits per heavy atom. The third-order valence-electron chi connectivity index (χ3n) is 1.91. The Morgan fingerprint density at radius 1 is 1.40 bits per heavy atom. The highest BCUT2D eigenvalue weighted by Crippen LogP contribution is 2.12. The van der Waals surface area contributed by atoms with E-state index in [1.807, 2.05) is 20.8 Å². The average molecular weight is 217 g/mol. The summed E-state index contributed by atoms with van der Waals surface area (Å²) in [5.74, 6) is 0. The van der Waals surface area contributed by atoms with E-state index in [9.17, 15) is 4.79 Å². The lowest BCUT2D eigenvalue weighted by Crippen LogP contribution is -2.46. The van der Waals surface area contributed by atoms with Crippen LogP contribution in [0.5, 0.6) is 0 Å². The summed E-state index contributed by atoms with van der Waals surface area (Å²) in [5.41, 5.74) is -0.485. The number of amides is 1. The Balaban J connectivity index is 2.44. The molecule has 5 nitrogen and oxygen atoms in total. The SMILES string of the molecule is CN(C(=O)OC(C)(C)C)C1COCCO1. The maximum atomic E-state index is 11.6. The van der Waals surface area contributed by atoms with Crippen molar-refractivity contribution in [2.24, 2.45) is 0 Å². The van der Waals surface area contributed by atoms with Crippen LogP contribution in [-0.2, 0) is 14.2 Å². The van der Waals surface area contributed by atoms with Crippen LogP contribution in [0, 0.1) is 0 Å². The molecule has 0 aromatic heterocycles. The number of ether oxygens (including phenoxy) is 3. The molecular formula is C10H19NO4. The summed E-state index contributed by atoms with van der Waals surface area (Å²) >= 11 is 0. The van der Waals surface area contributed by atoms with Crippen molar-refractivity contribution in [3.05, 3.63) is 0 Å². The van der Waals surface area contributed by atoms with Gasteiger partial charge >= 0.3 is 6.09 Å². The third-order valence-corrected chi connectivity index (χ3v) is 1.91. The topological polar surface area (TPSA) is 48.0 Å². The molecule has 0 radical (unpaired) electrons. The number of carbonyl (C=O) groups is 1. The first-order chi connectivity index (χ1) is 6.90. The Labute approximate surface area is 90.3 Å². The highest BCUT2D eigenvalue weighted by atomic mass is 16.6. The number of carbonyl (C=O) groups excluding carboxylic acids is 1. The Morgan fingerprint density at radius 3 is 2.53 bits per heavy atom. The van der Waals surface area contributed by atoms with E-state index in [2.05, 4.69) is 0 Å². The quantitative estimate of drug-likeness (QED) is 0.662. The summed E-state index contributed by atoms with van der Waals surface area (Å²) in [7, 11) is 1.65. The number of rotatable bonds is 1. The molecule has 0 spiro atoms. The van der Waals surface area contributed by atoms with E-state index < -0.39 is 11.7 Å². The van der Waals surface area contributed by atoms with Gasteiger partial charge in [0.25, 0.3) is 0 Å². The van der Waals surface area contributed by atoms with Crippen molar-refractivity contribution in [1.29, 1.82) is 0 Å². The van der Waals surface area contributed by atoms with Crippen molar-refractivity contribution < 1.29 is 19.0 Å². The van der Waals surface area contributed by atoms with Gasteiger partial charge in [-0.2, -0.15) is 0 Å². The Bertz CT molecular complexity index is 218. The highest BCUT2D eigenvalue weighted by Gasteiger charge is 2.27. The molecule has 0 N–H and O–H groups in total. The van der Waals surface area contributed by atoms with Gasteiger partial charge in [0.2, 0.25) is 0 Å². The van der Waals surface area contributed by atoms with Gasteiger partial charge < -0.3 is 14.2 Å². The van der Waals surface area contributed by atoms with E-state index in [1.54, 1.807) is 7.05 Å². The lowest BCUT2D eigenvalue weighted by atomic mass is 10.2. The smallest absolute Gasteiger partial charge is 0.412 e. The molecule has 1 fully saturated rings. The van der Waals surface area contributed by atoms with Crippen molar-refractivity contribution in [2.75, 3.05) is 26.9 Å². The van der Waals surface area contributed by atoms with Crippen molar-refractivity contribution in [3.63, 3.8) is 0 Å². The van der Waals surface area contributed by atoms with Crippen LogP contribution in [-0.4, -0.2) is 49.7 Å². The van der Waals surface area contributed by atoms with Gasteiger partial charge in [-0.3, -0.25) is 4.90 Å². The van der Waals surface area contributed by atoms with E-state index in [1.165, 1.54) is 4.90 Å². The van der Waals surface area contributed by atoms with Crippen molar-refractivity contribution in [2.45, 2.75) is 32.6 Å². The van der Waals surface area contributed by atoms with Crippen LogP contribution in [0.3, 0.4) is 0 Å². The minimum atomic E-state index is -0.485. The van der Waals surface area contributed by atoms with Gasteiger partial charge in [-0.25, -0.2) is 4.79 Å². The molecule has 5 heteroatoms. The summed E-state index contributed by atoms with van der Waals surface area (Å²) < 4.78 is 15.8. The van der Waals surface area contributed by atoms with Crippen LogP contribution in [0.2, 0.25) is 0 Å². The molecule has 1 amide bonds. The monoisotopic (exact) mass is 217 g/mol. The largest absolute Gasteiger partial charge is 0.444 e. The summed E-state index contributed by atoms with van der Waals surface area (Å²) in [5, 5.41) is 0. The zero-order chi connectivity index (χ0) is 11.5. The summed E-state index contributed by atoms with van der Waals surface area (Å²) in [4.78, 5) is 13.0. The first-order valence-electron chi connectivity index (χ1n) is 5.05. The Kier molecular flexibility index (Phi) is 3.93. The lowest BCUT2D eigenvalue weighted by molar-refractivity contribution is -0.143. The molecule has 0 bridgehead atoms. The second-order valence-corrected chi connectivity index (χ2v) is 4.49. The molecule has 0 aromatic carbocycles.